The van der Waals surface area contributed by atoms with Gasteiger partial charge in [0.15, 0.2) is 5.58 Å². The van der Waals surface area contributed by atoms with Crippen LogP contribution in [0.2, 0.25) is 0 Å². The topological polar surface area (TPSA) is 75.4 Å². The molecule has 1 aliphatic heterocycles. The number of carbonyl (C=O) groups excluding carboxylic acids is 2. The van der Waals surface area contributed by atoms with E-state index in [0.717, 1.165) is 29.5 Å². The lowest BCUT2D eigenvalue weighted by Crippen LogP contribution is -2.39. The molecular formula is C29H29N3O3. The third-order valence-electron chi connectivity index (χ3n) is 6.71. The minimum atomic E-state index is -0.0150. The zero-order chi connectivity index (χ0) is 24.2. The minimum absolute atomic E-state index is 0.00911. The largest absolute Gasteiger partial charge is 0.436 e. The molecule has 6 heteroatoms. The molecule has 1 N–H and O–H groups in total. The van der Waals surface area contributed by atoms with E-state index < -0.39 is 0 Å². The van der Waals surface area contributed by atoms with Crippen LogP contribution in [0.4, 0.5) is 0 Å². The second-order valence-electron chi connectivity index (χ2n) is 9.21. The molecule has 1 fully saturated rings. The Morgan fingerprint density at radius 2 is 1.69 bits per heavy atom. The quantitative estimate of drug-likeness (QED) is 0.400. The van der Waals surface area contributed by atoms with Crippen molar-refractivity contribution in [3.8, 4) is 11.5 Å². The minimum Gasteiger partial charge on any atom is -0.436 e. The van der Waals surface area contributed by atoms with Crippen LogP contribution in [-0.2, 0) is 4.79 Å². The van der Waals surface area contributed by atoms with Gasteiger partial charge in [-0.15, -0.1) is 0 Å². The van der Waals surface area contributed by atoms with Crippen molar-refractivity contribution in [3.63, 3.8) is 0 Å². The summed E-state index contributed by atoms with van der Waals surface area (Å²) in [4.78, 5) is 32.1. The fourth-order valence-corrected chi connectivity index (χ4v) is 4.67. The predicted octanol–water partition coefficient (Wildman–Crippen LogP) is 5.61. The van der Waals surface area contributed by atoms with Gasteiger partial charge in [-0.05, 0) is 61.6 Å². The Hall–Kier alpha value is -3.93. The third-order valence-corrected chi connectivity index (χ3v) is 6.71. The van der Waals surface area contributed by atoms with Gasteiger partial charge in [0.2, 0.25) is 11.8 Å². The van der Waals surface area contributed by atoms with Crippen LogP contribution in [0.15, 0.2) is 83.3 Å². The summed E-state index contributed by atoms with van der Waals surface area (Å²) in [5.41, 5.74) is 3.94. The molecule has 178 valence electrons. The molecule has 2 heterocycles. The Balaban J connectivity index is 1.16. The maximum atomic E-state index is 13.1. The van der Waals surface area contributed by atoms with Gasteiger partial charge in [-0.1, -0.05) is 48.5 Å². The monoisotopic (exact) mass is 467 g/mol. The smallest absolute Gasteiger partial charge is 0.253 e. The number of oxazole rings is 1. The van der Waals surface area contributed by atoms with Crippen LogP contribution in [0, 0.1) is 5.92 Å². The molecule has 5 rings (SSSR count). The van der Waals surface area contributed by atoms with Gasteiger partial charge in [-0.2, -0.15) is 0 Å². The lowest BCUT2D eigenvalue weighted by molar-refractivity contribution is -0.122. The number of rotatable bonds is 6. The number of amides is 2. The van der Waals surface area contributed by atoms with Crippen molar-refractivity contribution in [2.24, 2.45) is 5.92 Å². The van der Waals surface area contributed by atoms with E-state index in [1.807, 2.05) is 84.6 Å². The molecule has 3 aromatic carbocycles. The molecule has 0 spiro atoms. The fourth-order valence-electron chi connectivity index (χ4n) is 4.67. The van der Waals surface area contributed by atoms with Crippen molar-refractivity contribution in [1.29, 1.82) is 0 Å². The number of nitrogens with zero attached hydrogens (tertiary/aromatic N) is 2. The summed E-state index contributed by atoms with van der Waals surface area (Å²) in [6.07, 6.45) is 2.13. The van der Waals surface area contributed by atoms with E-state index in [9.17, 15) is 9.59 Å². The maximum absolute atomic E-state index is 13.1. The predicted molar refractivity (Wildman–Crippen MR) is 136 cm³/mol. The highest BCUT2D eigenvalue weighted by molar-refractivity contribution is 5.97. The van der Waals surface area contributed by atoms with E-state index in [1.165, 1.54) is 0 Å². The third kappa shape index (κ3) is 5.27. The Kier molecular flexibility index (Phi) is 6.62. The number of hydrogen-bond acceptors (Lipinski definition) is 4. The molecule has 1 saturated heterocycles. The Morgan fingerprint density at radius 3 is 2.40 bits per heavy atom. The summed E-state index contributed by atoms with van der Waals surface area (Å²) in [5.74, 6) is 0.888. The van der Waals surface area contributed by atoms with Crippen LogP contribution in [0.1, 0.15) is 48.1 Å². The number of likely N-dealkylation sites (tertiary alicyclic amines) is 1. The first-order chi connectivity index (χ1) is 17.1. The molecule has 1 atom stereocenters. The molecule has 0 unspecified atom stereocenters. The van der Waals surface area contributed by atoms with Gasteiger partial charge in [0.25, 0.3) is 5.91 Å². The molecule has 1 aliphatic rings. The van der Waals surface area contributed by atoms with Crippen molar-refractivity contribution >= 4 is 22.9 Å². The zero-order valence-electron chi connectivity index (χ0n) is 19.8. The van der Waals surface area contributed by atoms with Crippen molar-refractivity contribution in [3.05, 3.63) is 90.0 Å². The first-order valence-electron chi connectivity index (χ1n) is 12.2. The molecule has 2 amide bonds. The highest BCUT2D eigenvalue weighted by Gasteiger charge is 2.26. The lowest BCUT2D eigenvalue weighted by atomic mass is 9.92. The van der Waals surface area contributed by atoms with E-state index in [2.05, 4.69) is 10.3 Å². The number of hydrogen-bond donors (Lipinski definition) is 1. The van der Waals surface area contributed by atoms with Gasteiger partial charge in [0.05, 0.1) is 6.04 Å². The highest BCUT2D eigenvalue weighted by Crippen LogP contribution is 2.27. The van der Waals surface area contributed by atoms with Crippen LogP contribution >= 0.6 is 0 Å². The van der Waals surface area contributed by atoms with Crippen LogP contribution in [0.3, 0.4) is 0 Å². The second-order valence-corrected chi connectivity index (χ2v) is 9.21. The number of aromatic nitrogens is 1. The number of piperidine rings is 1. The van der Waals surface area contributed by atoms with Gasteiger partial charge in [-0.25, -0.2) is 4.98 Å². The molecule has 35 heavy (non-hydrogen) atoms. The van der Waals surface area contributed by atoms with E-state index in [1.54, 1.807) is 6.07 Å². The lowest BCUT2D eigenvalue weighted by Gasteiger charge is -2.32. The standard InChI is InChI=1S/C29H29N3O3/c1-20(22-8-4-2-5-9-22)30-27(33)18-21-14-16-32(17-15-21)29(34)24-12-13-25-26(19-24)35-28(31-25)23-10-6-3-7-11-23/h2-13,19-21H,14-18H2,1H3,(H,30,33)/t20-/m1/s1. The first kappa shape index (κ1) is 22.8. The SMILES string of the molecule is C[C@@H](NC(=O)CC1CCN(C(=O)c2ccc3nc(-c4ccccc4)oc3c2)CC1)c1ccccc1. The van der Waals surface area contributed by atoms with Crippen LogP contribution in [0.5, 0.6) is 0 Å². The zero-order valence-corrected chi connectivity index (χ0v) is 19.8. The molecule has 0 radical (unpaired) electrons. The van der Waals surface area contributed by atoms with Crippen molar-refractivity contribution in [2.75, 3.05) is 13.1 Å². The average molecular weight is 468 g/mol. The van der Waals surface area contributed by atoms with Crippen LogP contribution < -0.4 is 5.32 Å². The number of carbonyl (C=O) groups is 2. The summed E-state index contributed by atoms with van der Waals surface area (Å²) >= 11 is 0. The molecule has 4 aromatic rings. The molecular weight excluding hydrogens is 438 g/mol. The Morgan fingerprint density at radius 1 is 1.00 bits per heavy atom. The summed E-state index contributed by atoms with van der Waals surface area (Å²) in [5, 5.41) is 3.10. The van der Waals surface area contributed by atoms with Gasteiger partial charge < -0.3 is 14.6 Å². The molecule has 0 aliphatic carbocycles. The van der Waals surface area contributed by atoms with Crippen molar-refractivity contribution in [1.82, 2.24) is 15.2 Å². The number of fused-ring (bicyclic) bond motifs is 1. The summed E-state index contributed by atoms with van der Waals surface area (Å²) in [7, 11) is 0. The van der Waals surface area contributed by atoms with Crippen LogP contribution in [-0.4, -0.2) is 34.8 Å². The van der Waals surface area contributed by atoms with Gasteiger partial charge in [0, 0.05) is 30.6 Å². The Labute approximate surface area is 205 Å². The van der Waals surface area contributed by atoms with Gasteiger partial charge in [0.1, 0.15) is 5.52 Å². The van der Waals surface area contributed by atoms with Gasteiger partial charge in [-0.3, -0.25) is 9.59 Å². The van der Waals surface area contributed by atoms with Gasteiger partial charge >= 0.3 is 0 Å². The van der Waals surface area contributed by atoms with Crippen molar-refractivity contribution < 1.29 is 14.0 Å². The Bertz CT molecular complexity index is 1310. The molecule has 6 nitrogen and oxygen atoms in total. The normalized spacial score (nSPS) is 15.2. The average Bonchev–Trinajstić information content (AvgIpc) is 3.33. The van der Waals surface area contributed by atoms with E-state index in [-0.39, 0.29) is 23.8 Å². The summed E-state index contributed by atoms with van der Waals surface area (Å²) in [6, 6.07) is 25.1. The first-order valence-corrected chi connectivity index (χ1v) is 12.2. The maximum Gasteiger partial charge on any atom is 0.253 e. The van der Waals surface area contributed by atoms with E-state index in [4.69, 9.17) is 4.42 Å². The van der Waals surface area contributed by atoms with Crippen LogP contribution in [0.25, 0.3) is 22.6 Å². The highest BCUT2D eigenvalue weighted by atomic mass is 16.3. The number of nitrogens with one attached hydrogen (secondary N) is 1. The van der Waals surface area contributed by atoms with E-state index >= 15 is 0 Å². The molecule has 1 aromatic heterocycles. The summed E-state index contributed by atoms with van der Waals surface area (Å²) < 4.78 is 5.93. The van der Waals surface area contributed by atoms with Crippen molar-refractivity contribution in [2.45, 2.75) is 32.2 Å². The summed E-state index contributed by atoms with van der Waals surface area (Å²) in [6.45, 7) is 3.30. The fraction of sp³-hybridized carbons (Fsp3) is 0.276. The number of benzene rings is 3. The molecule has 0 bridgehead atoms. The van der Waals surface area contributed by atoms with E-state index in [0.29, 0.717) is 36.5 Å². The molecule has 0 saturated carbocycles. The second kappa shape index (κ2) is 10.1.